The largest absolute Gasteiger partial charge is 0.359 e. The van der Waals surface area contributed by atoms with Gasteiger partial charge in [0.05, 0.1) is 4.90 Å². The number of sulfonamides is 1. The van der Waals surface area contributed by atoms with Gasteiger partial charge in [-0.05, 0) is 24.1 Å². The number of hydrogen-bond donors (Lipinski definition) is 2. The lowest BCUT2D eigenvalue weighted by molar-refractivity contribution is -0.120. The minimum Gasteiger partial charge on any atom is -0.359 e. The van der Waals surface area contributed by atoms with Crippen LogP contribution in [0.25, 0.3) is 0 Å². The third-order valence-electron chi connectivity index (χ3n) is 3.37. The number of nitrogens with two attached hydrogens (primary N) is 1. The van der Waals surface area contributed by atoms with Crippen LogP contribution in [0, 0.1) is 0 Å². The van der Waals surface area contributed by atoms with E-state index in [2.05, 4.69) is 5.32 Å². The fraction of sp³-hybridized carbons (Fsp3) is 0.500. The maximum Gasteiger partial charge on any atom is 0.242 e. The van der Waals surface area contributed by atoms with E-state index in [-0.39, 0.29) is 29.8 Å². The van der Waals surface area contributed by atoms with Crippen molar-refractivity contribution >= 4 is 15.9 Å². The Morgan fingerprint density at radius 3 is 2.67 bits per heavy atom. The molecule has 1 atom stereocenters. The fourth-order valence-electron chi connectivity index (χ4n) is 1.83. The SMILES string of the molecule is CCC(N)c1cccc(S(=O)(=O)N(C)CCC(=O)NC)c1. The molecule has 0 aromatic heterocycles. The number of carbonyl (C=O) groups is 1. The van der Waals surface area contributed by atoms with E-state index < -0.39 is 10.0 Å². The summed E-state index contributed by atoms with van der Waals surface area (Å²) in [6.45, 7) is 2.08. The Morgan fingerprint density at radius 2 is 2.10 bits per heavy atom. The third-order valence-corrected chi connectivity index (χ3v) is 5.22. The minimum atomic E-state index is -3.61. The van der Waals surface area contributed by atoms with Crippen LogP contribution in [0.4, 0.5) is 0 Å². The van der Waals surface area contributed by atoms with Gasteiger partial charge in [0.1, 0.15) is 0 Å². The lowest BCUT2D eigenvalue weighted by Crippen LogP contribution is -2.31. The smallest absolute Gasteiger partial charge is 0.242 e. The summed E-state index contributed by atoms with van der Waals surface area (Å²) in [7, 11) is -0.626. The molecule has 1 amide bonds. The van der Waals surface area contributed by atoms with Gasteiger partial charge in [-0.3, -0.25) is 4.79 Å². The number of nitrogens with one attached hydrogen (secondary N) is 1. The molecule has 0 fully saturated rings. The van der Waals surface area contributed by atoms with Crippen molar-refractivity contribution in [3.63, 3.8) is 0 Å². The topological polar surface area (TPSA) is 92.5 Å². The molecule has 0 bridgehead atoms. The molecule has 7 heteroatoms. The standard InChI is InChI=1S/C14H23N3O3S/c1-4-13(15)11-6-5-7-12(10-11)21(19,20)17(3)9-8-14(18)16-2/h5-7,10,13H,4,8-9,15H2,1-3H3,(H,16,18). The first-order valence-electron chi connectivity index (χ1n) is 6.85. The van der Waals surface area contributed by atoms with Crippen molar-refractivity contribution in [1.29, 1.82) is 0 Å². The lowest BCUT2D eigenvalue weighted by atomic mass is 10.1. The van der Waals surface area contributed by atoms with Crippen molar-refractivity contribution in [2.75, 3.05) is 20.6 Å². The third kappa shape index (κ3) is 4.52. The minimum absolute atomic E-state index is 0.125. The highest BCUT2D eigenvalue weighted by Crippen LogP contribution is 2.20. The predicted octanol–water partition coefficient (Wildman–Crippen LogP) is 0.853. The van der Waals surface area contributed by atoms with Gasteiger partial charge in [0.2, 0.25) is 15.9 Å². The summed E-state index contributed by atoms with van der Waals surface area (Å²) >= 11 is 0. The highest BCUT2D eigenvalue weighted by atomic mass is 32.2. The Kier molecular flexibility index (Phi) is 6.32. The van der Waals surface area contributed by atoms with Crippen molar-refractivity contribution in [3.05, 3.63) is 29.8 Å². The first-order valence-corrected chi connectivity index (χ1v) is 8.29. The number of nitrogens with zero attached hydrogens (tertiary/aromatic N) is 1. The summed E-state index contributed by atoms with van der Waals surface area (Å²) in [5.74, 6) is -0.196. The van der Waals surface area contributed by atoms with Gasteiger partial charge in [-0.15, -0.1) is 0 Å². The molecule has 21 heavy (non-hydrogen) atoms. The van der Waals surface area contributed by atoms with Gasteiger partial charge in [-0.1, -0.05) is 19.1 Å². The van der Waals surface area contributed by atoms with Crippen LogP contribution < -0.4 is 11.1 Å². The van der Waals surface area contributed by atoms with E-state index in [1.165, 1.54) is 24.5 Å². The number of hydrogen-bond acceptors (Lipinski definition) is 4. The zero-order valence-corrected chi connectivity index (χ0v) is 13.5. The average molecular weight is 313 g/mol. The van der Waals surface area contributed by atoms with Crippen molar-refractivity contribution in [2.24, 2.45) is 5.73 Å². The fourth-order valence-corrected chi connectivity index (χ4v) is 3.05. The van der Waals surface area contributed by atoms with E-state index in [9.17, 15) is 13.2 Å². The molecule has 0 saturated carbocycles. The molecular weight excluding hydrogens is 290 g/mol. The summed E-state index contributed by atoms with van der Waals surface area (Å²) in [5, 5.41) is 2.47. The molecule has 0 spiro atoms. The molecule has 0 heterocycles. The van der Waals surface area contributed by atoms with Gasteiger partial charge in [-0.2, -0.15) is 0 Å². The van der Waals surface area contributed by atoms with Crippen molar-refractivity contribution in [2.45, 2.75) is 30.7 Å². The second-order valence-corrected chi connectivity index (χ2v) is 6.88. The van der Waals surface area contributed by atoms with E-state index in [0.29, 0.717) is 0 Å². The van der Waals surface area contributed by atoms with Crippen LogP contribution in [0.5, 0.6) is 0 Å². The molecule has 0 aliphatic heterocycles. The van der Waals surface area contributed by atoms with Crippen LogP contribution in [0.15, 0.2) is 29.2 Å². The molecular formula is C14H23N3O3S. The van der Waals surface area contributed by atoms with Crippen molar-refractivity contribution in [1.82, 2.24) is 9.62 Å². The van der Waals surface area contributed by atoms with Crippen LogP contribution in [0.3, 0.4) is 0 Å². The quantitative estimate of drug-likeness (QED) is 0.780. The Morgan fingerprint density at radius 1 is 1.43 bits per heavy atom. The van der Waals surface area contributed by atoms with E-state index in [0.717, 1.165) is 12.0 Å². The van der Waals surface area contributed by atoms with E-state index in [1.807, 2.05) is 13.0 Å². The van der Waals surface area contributed by atoms with Crippen LogP contribution in [-0.4, -0.2) is 39.3 Å². The zero-order valence-electron chi connectivity index (χ0n) is 12.7. The maximum atomic E-state index is 12.4. The molecule has 1 rings (SSSR count). The summed E-state index contributed by atoms with van der Waals surface area (Å²) in [6.07, 6.45) is 0.858. The highest BCUT2D eigenvalue weighted by Gasteiger charge is 2.21. The monoisotopic (exact) mass is 313 g/mol. The van der Waals surface area contributed by atoms with Gasteiger partial charge in [-0.25, -0.2) is 12.7 Å². The molecule has 1 aromatic rings. The molecule has 6 nitrogen and oxygen atoms in total. The van der Waals surface area contributed by atoms with E-state index >= 15 is 0 Å². The molecule has 1 aromatic carbocycles. The second kappa shape index (κ2) is 7.53. The molecule has 0 saturated heterocycles. The number of rotatable bonds is 7. The predicted molar refractivity (Wildman–Crippen MR) is 82.2 cm³/mol. The van der Waals surface area contributed by atoms with Crippen LogP contribution in [0.1, 0.15) is 31.4 Å². The van der Waals surface area contributed by atoms with Crippen LogP contribution in [-0.2, 0) is 14.8 Å². The first kappa shape index (κ1) is 17.6. The van der Waals surface area contributed by atoms with Gasteiger partial charge in [0, 0.05) is 33.1 Å². The molecule has 0 aliphatic rings. The summed E-state index contributed by atoms with van der Waals surface area (Å²) in [5.41, 5.74) is 6.73. The van der Waals surface area contributed by atoms with Crippen LogP contribution in [0.2, 0.25) is 0 Å². The first-order chi connectivity index (χ1) is 9.82. The molecule has 118 valence electrons. The van der Waals surface area contributed by atoms with Crippen molar-refractivity contribution in [3.8, 4) is 0 Å². The molecule has 3 N–H and O–H groups in total. The number of benzene rings is 1. The van der Waals surface area contributed by atoms with Gasteiger partial charge in [0.15, 0.2) is 0 Å². The maximum absolute atomic E-state index is 12.4. The van der Waals surface area contributed by atoms with E-state index in [4.69, 9.17) is 5.73 Å². The Bertz CT molecular complexity index is 587. The Hall–Kier alpha value is -1.44. The van der Waals surface area contributed by atoms with Crippen LogP contribution >= 0.6 is 0 Å². The number of carbonyl (C=O) groups excluding carboxylic acids is 1. The lowest BCUT2D eigenvalue weighted by Gasteiger charge is -2.18. The van der Waals surface area contributed by atoms with Gasteiger partial charge >= 0.3 is 0 Å². The molecule has 1 unspecified atom stereocenters. The van der Waals surface area contributed by atoms with Crippen molar-refractivity contribution < 1.29 is 13.2 Å². The van der Waals surface area contributed by atoms with Gasteiger partial charge in [0.25, 0.3) is 0 Å². The molecule has 0 aliphatic carbocycles. The average Bonchev–Trinajstić information content (AvgIpc) is 2.51. The summed E-state index contributed by atoms with van der Waals surface area (Å²) in [6, 6.07) is 6.45. The summed E-state index contributed by atoms with van der Waals surface area (Å²) < 4.78 is 26.1. The Labute approximate surface area is 126 Å². The molecule has 0 radical (unpaired) electrons. The second-order valence-electron chi connectivity index (χ2n) is 4.84. The zero-order chi connectivity index (χ0) is 16.0. The highest BCUT2D eigenvalue weighted by molar-refractivity contribution is 7.89. The van der Waals surface area contributed by atoms with Gasteiger partial charge < -0.3 is 11.1 Å². The summed E-state index contributed by atoms with van der Waals surface area (Å²) in [4.78, 5) is 11.4. The normalized spacial score (nSPS) is 13.2. The van der Waals surface area contributed by atoms with E-state index in [1.54, 1.807) is 12.1 Å². The number of amides is 1. The Balaban J connectivity index is 2.94.